The first-order valence-electron chi connectivity index (χ1n) is 7.04. The van der Waals surface area contributed by atoms with Gasteiger partial charge in [-0.2, -0.15) is 0 Å². The number of aliphatic imine (C=N–C) groups is 1. The highest BCUT2D eigenvalue weighted by Crippen LogP contribution is 2.10. The molecule has 0 saturated heterocycles. The zero-order chi connectivity index (χ0) is 14.3. The van der Waals surface area contributed by atoms with E-state index in [-0.39, 0.29) is 24.0 Å². The quantitative estimate of drug-likeness (QED) is 0.429. The van der Waals surface area contributed by atoms with Crippen molar-refractivity contribution in [2.45, 2.75) is 53.6 Å². The molecule has 1 rings (SSSR count). The van der Waals surface area contributed by atoms with Gasteiger partial charge in [-0.25, -0.2) is 9.98 Å². The zero-order valence-corrected chi connectivity index (χ0v) is 16.2. The Labute approximate surface area is 143 Å². The predicted octanol–water partition coefficient (Wildman–Crippen LogP) is 3.42. The lowest BCUT2D eigenvalue weighted by atomic mass is 10.1. The lowest BCUT2D eigenvalue weighted by Crippen LogP contribution is -2.44. The number of nitrogens with zero attached hydrogens (tertiary/aromatic N) is 2. The van der Waals surface area contributed by atoms with Crippen molar-refractivity contribution >= 4 is 41.3 Å². The molecule has 0 saturated carbocycles. The molecule has 0 spiro atoms. The number of nitrogens with one attached hydrogen (secondary N) is 2. The maximum atomic E-state index is 4.59. The third-order valence-corrected chi connectivity index (χ3v) is 4.05. The Balaban J connectivity index is 0.00000361. The van der Waals surface area contributed by atoms with E-state index in [0.29, 0.717) is 18.5 Å². The maximum absolute atomic E-state index is 4.59. The second-order valence-electron chi connectivity index (χ2n) is 4.96. The van der Waals surface area contributed by atoms with E-state index >= 15 is 0 Å². The summed E-state index contributed by atoms with van der Waals surface area (Å²) in [5, 5.41) is 9.97. The van der Waals surface area contributed by atoms with Gasteiger partial charge in [0.05, 0.1) is 17.2 Å². The van der Waals surface area contributed by atoms with E-state index in [1.165, 1.54) is 5.01 Å². The van der Waals surface area contributed by atoms with Gasteiger partial charge >= 0.3 is 0 Å². The lowest BCUT2D eigenvalue weighted by Gasteiger charge is -2.20. The highest BCUT2D eigenvalue weighted by Gasteiger charge is 2.09. The molecule has 116 valence electrons. The van der Waals surface area contributed by atoms with Crippen LogP contribution in [-0.2, 0) is 13.0 Å². The smallest absolute Gasteiger partial charge is 0.191 e. The Kier molecular flexibility index (Phi) is 10.2. The molecule has 0 radical (unpaired) electrons. The topological polar surface area (TPSA) is 49.3 Å². The number of hydrogen-bond donors (Lipinski definition) is 2. The molecule has 4 nitrogen and oxygen atoms in total. The molecule has 0 aliphatic heterocycles. The molecule has 0 bridgehead atoms. The summed E-state index contributed by atoms with van der Waals surface area (Å²) in [7, 11) is 0. The molecule has 0 fully saturated rings. The van der Waals surface area contributed by atoms with Crippen LogP contribution in [0.3, 0.4) is 0 Å². The summed E-state index contributed by atoms with van der Waals surface area (Å²) in [6, 6.07) is 0.402. The molecule has 20 heavy (non-hydrogen) atoms. The summed E-state index contributed by atoms with van der Waals surface area (Å²) >= 11 is 1.71. The van der Waals surface area contributed by atoms with Gasteiger partial charge in [-0.1, -0.05) is 20.8 Å². The third-order valence-electron chi connectivity index (χ3n) is 3.01. The molecular weight excluding hydrogens is 383 g/mol. The van der Waals surface area contributed by atoms with Crippen LogP contribution in [0, 0.1) is 5.92 Å². The lowest BCUT2D eigenvalue weighted by molar-refractivity contribution is 0.481. The Morgan fingerprint density at radius 1 is 1.35 bits per heavy atom. The van der Waals surface area contributed by atoms with Crippen LogP contribution < -0.4 is 10.6 Å². The van der Waals surface area contributed by atoms with E-state index < -0.39 is 0 Å². The van der Waals surface area contributed by atoms with Crippen molar-refractivity contribution in [2.24, 2.45) is 10.9 Å². The van der Waals surface area contributed by atoms with Crippen molar-refractivity contribution < 1.29 is 0 Å². The van der Waals surface area contributed by atoms with Gasteiger partial charge in [0.2, 0.25) is 0 Å². The molecule has 1 atom stereocenters. The van der Waals surface area contributed by atoms with Gasteiger partial charge in [-0.3, -0.25) is 0 Å². The summed E-state index contributed by atoms with van der Waals surface area (Å²) in [5.41, 5.74) is 1.05. The Bertz CT molecular complexity index is 404. The van der Waals surface area contributed by atoms with Crippen LogP contribution >= 0.6 is 35.3 Å². The number of halogens is 1. The molecule has 1 aromatic rings. The molecule has 0 aliphatic carbocycles. The molecule has 6 heteroatoms. The second-order valence-corrected chi connectivity index (χ2v) is 5.90. The fourth-order valence-corrected chi connectivity index (χ4v) is 2.18. The number of hydrogen-bond acceptors (Lipinski definition) is 3. The number of aromatic nitrogens is 1. The summed E-state index contributed by atoms with van der Waals surface area (Å²) in [6.07, 6.45) is 0.997. The summed E-state index contributed by atoms with van der Waals surface area (Å²) in [4.78, 5) is 9.12. The van der Waals surface area contributed by atoms with Crippen molar-refractivity contribution in [3.63, 3.8) is 0 Å². The summed E-state index contributed by atoms with van der Waals surface area (Å²) < 4.78 is 0. The standard InChI is InChI=1S/C14H26N4S.HI/c1-6-13-18-12(9-19-13)8-16-14(15-7-2)17-11(5)10(3)4;/h9-11H,6-8H2,1-5H3,(H2,15,16,17);1H. The molecular formula is C14H27IN4S. The van der Waals surface area contributed by atoms with Gasteiger partial charge in [0.1, 0.15) is 0 Å². The van der Waals surface area contributed by atoms with Gasteiger partial charge in [-0.15, -0.1) is 35.3 Å². The average molecular weight is 410 g/mol. The second kappa shape index (κ2) is 10.4. The van der Waals surface area contributed by atoms with Gasteiger partial charge in [0.15, 0.2) is 5.96 Å². The monoisotopic (exact) mass is 410 g/mol. The van der Waals surface area contributed by atoms with E-state index in [9.17, 15) is 0 Å². The van der Waals surface area contributed by atoms with E-state index in [0.717, 1.165) is 24.6 Å². The van der Waals surface area contributed by atoms with Crippen LogP contribution in [0.2, 0.25) is 0 Å². The van der Waals surface area contributed by atoms with Gasteiger partial charge < -0.3 is 10.6 Å². The first-order valence-corrected chi connectivity index (χ1v) is 7.92. The molecule has 1 unspecified atom stereocenters. The van der Waals surface area contributed by atoms with Crippen molar-refractivity contribution in [2.75, 3.05) is 6.54 Å². The fraction of sp³-hybridized carbons (Fsp3) is 0.714. The minimum atomic E-state index is 0. The number of aryl methyl sites for hydroxylation is 1. The normalized spacial score (nSPS) is 13.0. The van der Waals surface area contributed by atoms with Gasteiger partial charge in [0.25, 0.3) is 0 Å². The van der Waals surface area contributed by atoms with Crippen LogP contribution in [0.4, 0.5) is 0 Å². The van der Waals surface area contributed by atoms with Gasteiger partial charge in [-0.05, 0) is 26.2 Å². The summed E-state index contributed by atoms with van der Waals surface area (Å²) in [6.45, 7) is 12.3. The Hall–Kier alpha value is -0.370. The Morgan fingerprint density at radius 2 is 2.05 bits per heavy atom. The van der Waals surface area contributed by atoms with Crippen molar-refractivity contribution in [3.05, 3.63) is 16.1 Å². The molecule has 1 heterocycles. The maximum Gasteiger partial charge on any atom is 0.191 e. The highest BCUT2D eigenvalue weighted by molar-refractivity contribution is 14.0. The number of guanidine groups is 1. The molecule has 0 aliphatic rings. The van der Waals surface area contributed by atoms with Crippen LogP contribution in [0.5, 0.6) is 0 Å². The average Bonchev–Trinajstić information content (AvgIpc) is 2.84. The van der Waals surface area contributed by atoms with Crippen molar-refractivity contribution in [1.29, 1.82) is 0 Å². The van der Waals surface area contributed by atoms with E-state index in [4.69, 9.17) is 0 Å². The van der Waals surface area contributed by atoms with Crippen molar-refractivity contribution in [1.82, 2.24) is 15.6 Å². The SMILES string of the molecule is CCNC(=NCc1csc(CC)n1)NC(C)C(C)C.I. The minimum Gasteiger partial charge on any atom is -0.357 e. The predicted molar refractivity (Wildman–Crippen MR) is 99.2 cm³/mol. The highest BCUT2D eigenvalue weighted by atomic mass is 127. The van der Waals surface area contributed by atoms with E-state index in [1.54, 1.807) is 11.3 Å². The zero-order valence-electron chi connectivity index (χ0n) is 13.1. The summed E-state index contributed by atoms with van der Waals surface area (Å²) in [5.74, 6) is 1.45. The van der Waals surface area contributed by atoms with Crippen molar-refractivity contribution in [3.8, 4) is 0 Å². The largest absolute Gasteiger partial charge is 0.357 e. The van der Waals surface area contributed by atoms with Crippen LogP contribution in [-0.4, -0.2) is 23.5 Å². The molecule has 0 amide bonds. The number of rotatable bonds is 6. The third kappa shape index (κ3) is 6.88. The Morgan fingerprint density at radius 3 is 2.55 bits per heavy atom. The molecule has 1 aromatic heterocycles. The van der Waals surface area contributed by atoms with Crippen LogP contribution in [0.1, 0.15) is 45.3 Å². The molecule has 0 aromatic carbocycles. The molecule has 2 N–H and O–H groups in total. The van der Waals surface area contributed by atoms with Gasteiger partial charge in [0, 0.05) is 18.0 Å². The van der Waals surface area contributed by atoms with Crippen LogP contribution in [0.25, 0.3) is 0 Å². The van der Waals surface area contributed by atoms with Crippen LogP contribution in [0.15, 0.2) is 10.4 Å². The minimum absolute atomic E-state index is 0. The first-order chi connectivity index (χ1) is 9.06. The van der Waals surface area contributed by atoms with E-state index in [1.807, 2.05) is 0 Å². The fourth-order valence-electron chi connectivity index (χ4n) is 1.45. The number of thiazole rings is 1. The van der Waals surface area contributed by atoms with E-state index in [2.05, 4.69) is 60.6 Å². The first kappa shape index (κ1) is 19.6.